The van der Waals surface area contributed by atoms with E-state index in [4.69, 9.17) is 4.74 Å². The van der Waals surface area contributed by atoms with Crippen LogP contribution in [0.4, 0.5) is 0 Å². The Bertz CT molecular complexity index is 1300. The first kappa shape index (κ1) is 68.3. The van der Waals surface area contributed by atoms with Crippen molar-refractivity contribution >= 4 is 11.9 Å². The normalized spacial score (nSPS) is 13.6. The van der Waals surface area contributed by atoms with Gasteiger partial charge in [0.2, 0.25) is 5.91 Å². The number of esters is 1. The van der Waals surface area contributed by atoms with Crippen molar-refractivity contribution in [3.8, 4) is 0 Å². The van der Waals surface area contributed by atoms with E-state index in [9.17, 15) is 19.8 Å². The summed E-state index contributed by atoms with van der Waals surface area (Å²) in [6, 6.07) is -0.719. The molecule has 3 atom stereocenters. The molecule has 3 N–H and O–H groups in total. The molecule has 6 heteroatoms. The summed E-state index contributed by atoms with van der Waals surface area (Å²) in [7, 11) is 0. The van der Waals surface area contributed by atoms with Crippen molar-refractivity contribution in [2.45, 2.75) is 322 Å². The van der Waals surface area contributed by atoms with Crippen LogP contribution in [0.3, 0.4) is 0 Å². The Morgan fingerprint density at radius 3 is 1.07 bits per heavy atom. The number of hydrogen-bond acceptors (Lipinski definition) is 5. The average Bonchev–Trinajstić information content (AvgIpc) is 3.36. The number of carbonyl (C=O) groups excluding carboxylic acids is 2. The maximum atomic E-state index is 13.3. The number of nitrogens with one attached hydrogen (secondary N) is 1. The van der Waals surface area contributed by atoms with Crippen LogP contribution in [0.15, 0.2) is 72.9 Å². The smallest absolute Gasteiger partial charge is 0.306 e. The number of ether oxygens (including phenoxy) is 1. The quantitative estimate of drug-likeness (QED) is 0.0321. The van der Waals surface area contributed by atoms with Gasteiger partial charge in [0.15, 0.2) is 0 Å². The lowest BCUT2D eigenvalue weighted by Crippen LogP contribution is -2.46. The van der Waals surface area contributed by atoms with Crippen LogP contribution in [-0.2, 0) is 14.3 Å². The maximum absolute atomic E-state index is 13.3. The average molecular weight is 993 g/mol. The lowest BCUT2D eigenvalue weighted by atomic mass is 10.0. The van der Waals surface area contributed by atoms with E-state index in [-0.39, 0.29) is 31.3 Å². The Morgan fingerprint density at radius 1 is 0.423 bits per heavy atom. The number of aliphatic hydroxyl groups excluding tert-OH is 2. The number of amides is 1. The van der Waals surface area contributed by atoms with Gasteiger partial charge in [-0.2, -0.15) is 0 Å². The van der Waals surface area contributed by atoms with Gasteiger partial charge in [-0.3, -0.25) is 9.59 Å². The summed E-state index contributed by atoms with van der Waals surface area (Å²) in [4.78, 5) is 26.3. The van der Waals surface area contributed by atoms with Crippen molar-refractivity contribution in [3.63, 3.8) is 0 Å². The van der Waals surface area contributed by atoms with Gasteiger partial charge in [-0.05, 0) is 64.2 Å². The van der Waals surface area contributed by atoms with Gasteiger partial charge < -0.3 is 20.3 Å². The lowest BCUT2D eigenvalue weighted by molar-refractivity contribution is -0.150. The molecule has 0 saturated heterocycles. The molecule has 6 nitrogen and oxygen atoms in total. The molecule has 71 heavy (non-hydrogen) atoms. The Balaban J connectivity index is 4.65. The molecule has 0 radical (unpaired) electrons. The number of aliphatic hydroxyl groups is 2. The largest absolute Gasteiger partial charge is 0.462 e. The van der Waals surface area contributed by atoms with E-state index in [1.807, 2.05) is 6.08 Å². The summed E-state index contributed by atoms with van der Waals surface area (Å²) in [5.41, 5.74) is 0. The van der Waals surface area contributed by atoms with Crippen molar-refractivity contribution in [2.24, 2.45) is 0 Å². The summed E-state index contributed by atoms with van der Waals surface area (Å²) in [5.74, 6) is -0.562. The highest BCUT2D eigenvalue weighted by molar-refractivity contribution is 5.77. The molecule has 0 aliphatic carbocycles. The molecule has 3 unspecified atom stereocenters. The highest BCUT2D eigenvalue weighted by atomic mass is 16.5. The Morgan fingerprint density at radius 2 is 0.732 bits per heavy atom. The summed E-state index contributed by atoms with van der Waals surface area (Å²) in [6.07, 6.45) is 75.5. The third kappa shape index (κ3) is 53.4. The second-order valence-electron chi connectivity index (χ2n) is 20.7. The van der Waals surface area contributed by atoms with E-state index >= 15 is 0 Å². The fraction of sp³-hybridized carbons (Fsp3) is 0.785. The van der Waals surface area contributed by atoms with E-state index in [1.165, 1.54) is 173 Å². The molecule has 0 aromatic carbocycles. The molecular weight excluding hydrogens is 875 g/mol. The summed E-state index contributed by atoms with van der Waals surface area (Å²) < 4.78 is 5.94. The highest BCUT2D eigenvalue weighted by Gasteiger charge is 2.24. The fourth-order valence-corrected chi connectivity index (χ4v) is 9.22. The second-order valence-corrected chi connectivity index (χ2v) is 20.7. The van der Waals surface area contributed by atoms with Gasteiger partial charge in [0.1, 0.15) is 6.10 Å². The summed E-state index contributed by atoms with van der Waals surface area (Å²) >= 11 is 0. The minimum Gasteiger partial charge on any atom is -0.462 e. The van der Waals surface area contributed by atoms with Gasteiger partial charge in [-0.15, -0.1) is 0 Å². The van der Waals surface area contributed by atoms with Gasteiger partial charge in [-0.25, -0.2) is 0 Å². The predicted molar refractivity (Wildman–Crippen MR) is 310 cm³/mol. The minimum absolute atomic E-state index is 0.0484. The predicted octanol–water partition coefficient (Wildman–Crippen LogP) is 19.3. The molecule has 0 bridgehead atoms. The summed E-state index contributed by atoms with van der Waals surface area (Å²) in [5, 5.41) is 23.9. The van der Waals surface area contributed by atoms with E-state index in [1.54, 1.807) is 0 Å². The van der Waals surface area contributed by atoms with E-state index in [0.717, 1.165) is 77.0 Å². The number of allylic oxidation sites excluding steroid dienone is 12. The van der Waals surface area contributed by atoms with Crippen molar-refractivity contribution in [2.75, 3.05) is 6.61 Å². The topological polar surface area (TPSA) is 95.9 Å². The van der Waals surface area contributed by atoms with Crippen LogP contribution in [0, 0.1) is 0 Å². The zero-order valence-electron chi connectivity index (χ0n) is 47.1. The fourth-order valence-electron chi connectivity index (χ4n) is 9.22. The van der Waals surface area contributed by atoms with Gasteiger partial charge in [0.05, 0.1) is 25.2 Å². The molecular formula is C65H117NO5. The van der Waals surface area contributed by atoms with Crippen LogP contribution >= 0.6 is 0 Å². The lowest BCUT2D eigenvalue weighted by Gasteiger charge is -2.24. The Hall–Kier alpha value is -2.70. The van der Waals surface area contributed by atoms with E-state index in [0.29, 0.717) is 19.3 Å². The minimum atomic E-state index is -0.803. The van der Waals surface area contributed by atoms with E-state index < -0.39 is 18.2 Å². The molecule has 0 heterocycles. The van der Waals surface area contributed by atoms with Crippen LogP contribution in [0.1, 0.15) is 303 Å². The zero-order valence-corrected chi connectivity index (χ0v) is 47.1. The van der Waals surface area contributed by atoms with Gasteiger partial charge >= 0.3 is 5.97 Å². The van der Waals surface area contributed by atoms with Gasteiger partial charge in [0, 0.05) is 6.42 Å². The van der Waals surface area contributed by atoms with Gasteiger partial charge in [0.25, 0.3) is 0 Å². The molecule has 0 rings (SSSR count). The first-order chi connectivity index (χ1) is 35.0. The first-order valence-electron chi connectivity index (χ1n) is 30.7. The molecule has 0 aliphatic rings. The second kappa shape index (κ2) is 58.2. The monoisotopic (exact) mass is 992 g/mol. The number of hydrogen-bond donors (Lipinski definition) is 3. The van der Waals surface area contributed by atoms with Crippen molar-refractivity contribution in [1.29, 1.82) is 0 Å². The number of rotatable bonds is 55. The molecule has 0 fully saturated rings. The summed E-state index contributed by atoms with van der Waals surface area (Å²) in [6.45, 7) is 6.40. The molecule has 0 aromatic rings. The molecule has 0 aromatic heterocycles. The van der Waals surface area contributed by atoms with Crippen molar-refractivity contribution in [3.05, 3.63) is 72.9 Å². The molecule has 0 saturated carbocycles. The maximum Gasteiger partial charge on any atom is 0.306 e. The zero-order chi connectivity index (χ0) is 51.6. The first-order valence-corrected chi connectivity index (χ1v) is 30.7. The highest BCUT2D eigenvalue weighted by Crippen LogP contribution is 2.19. The third-order valence-corrected chi connectivity index (χ3v) is 13.8. The number of carbonyl (C=O) groups is 2. The third-order valence-electron chi connectivity index (χ3n) is 13.8. The van der Waals surface area contributed by atoms with Gasteiger partial charge in [-0.1, -0.05) is 299 Å². The number of unbranched alkanes of at least 4 members (excludes halogenated alkanes) is 31. The van der Waals surface area contributed by atoms with Crippen LogP contribution in [-0.4, -0.2) is 46.9 Å². The van der Waals surface area contributed by atoms with E-state index in [2.05, 4.69) is 92.9 Å². The molecule has 0 aliphatic heterocycles. The van der Waals surface area contributed by atoms with Crippen LogP contribution in [0.2, 0.25) is 0 Å². The van der Waals surface area contributed by atoms with Crippen LogP contribution in [0.25, 0.3) is 0 Å². The molecule has 1 amide bonds. The molecule has 0 spiro atoms. The SMILES string of the molecule is CC/C=C\C/C=C\C/C=C\C/C=C\C/C=C\C/C=C\CCC(=O)OC(CCCCCCCCCCCCCCCCCCC)CC(=O)NC(CO)C(O)CCCCCCCCCCCCCCCCCC. The Labute approximate surface area is 441 Å². The Kier molecular flexibility index (Phi) is 56.0. The van der Waals surface area contributed by atoms with Crippen molar-refractivity contribution in [1.82, 2.24) is 5.32 Å². The van der Waals surface area contributed by atoms with Crippen LogP contribution in [0.5, 0.6) is 0 Å². The van der Waals surface area contributed by atoms with Crippen molar-refractivity contribution < 1.29 is 24.5 Å². The molecule has 412 valence electrons. The standard InChI is InChI=1S/C65H117NO5/c1-4-7-10-13-16-19-22-25-28-31-32-34-37-40-43-46-49-52-55-58-65(70)71-61(56-53-50-47-44-41-38-35-33-29-26-23-20-17-14-11-8-5-2)59-64(69)66-62(60-67)63(68)57-54-51-48-45-42-39-36-30-27-24-21-18-15-12-9-6-3/h7,10,16,19,25,28,32,34,40,43,49,52,61-63,67-68H,4-6,8-9,11-15,17-18,20-24,26-27,29-31,33,35-39,41-42,44-48,50-51,53-60H2,1-3H3,(H,66,69)/b10-7-,19-16-,28-25-,34-32-,43-40-,52-49-. The van der Waals surface area contributed by atoms with Crippen LogP contribution < -0.4 is 5.32 Å².